The molecule has 5 heteroatoms. The fourth-order valence-corrected chi connectivity index (χ4v) is 0.796. The summed E-state index contributed by atoms with van der Waals surface area (Å²) in [7, 11) is 0. The SMILES string of the molecule is CCOC(=O)C(C=N/N=C(\C)C(C)C)=C(C)O. The molecule has 0 atom stereocenters. The van der Waals surface area contributed by atoms with Gasteiger partial charge in [-0.3, -0.25) is 0 Å². The van der Waals surface area contributed by atoms with Crippen molar-refractivity contribution in [1.29, 1.82) is 0 Å². The molecule has 0 radical (unpaired) electrons. The van der Waals surface area contributed by atoms with Crippen molar-refractivity contribution in [2.24, 2.45) is 16.1 Å². The zero-order valence-corrected chi connectivity index (χ0v) is 11.0. The van der Waals surface area contributed by atoms with E-state index in [0.29, 0.717) is 0 Å². The molecule has 0 unspecified atom stereocenters. The Kier molecular flexibility index (Phi) is 6.86. The van der Waals surface area contributed by atoms with Gasteiger partial charge in [0.25, 0.3) is 0 Å². The van der Waals surface area contributed by atoms with Crippen LogP contribution in [0.1, 0.15) is 34.6 Å². The molecule has 0 aromatic carbocycles. The Morgan fingerprint density at radius 2 is 2.00 bits per heavy atom. The fourth-order valence-electron chi connectivity index (χ4n) is 0.796. The van der Waals surface area contributed by atoms with E-state index in [-0.39, 0.29) is 23.9 Å². The van der Waals surface area contributed by atoms with Crippen molar-refractivity contribution >= 4 is 17.9 Å². The minimum atomic E-state index is -0.603. The first-order valence-corrected chi connectivity index (χ1v) is 5.54. The van der Waals surface area contributed by atoms with Gasteiger partial charge in [0.2, 0.25) is 0 Å². The van der Waals surface area contributed by atoms with E-state index in [4.69, 9.17) is 4.74 Å². The van der Waals surface area contributed by atoms with Crippen molar-refractivity contribution in [2.45, 2.75) is 34.6 Å². The molecule has 0 heterocycles. The Morgan fingerprint density at radius 1 is 1.41 bits per heavy atom. The fraction of sp³-hybridized carbons (Fsp3) is 0.583. The topological polar surface area (TPSA) is 71.2 Å². The highest BCUT2D eigenvalue weighted by Crippen LogP contribution is 2.02. The molecule has 0 saturated carbocycles. The number of hydrogen-bond donors (Lipinski definition) is 1. The Morgan fingerprint density at radius 3 is 2.41 bits per heavy atom. The van der Waals surface area contributed by atoms with Gasteiger partial charge in [0, 0.05) is 5.71 Å². The van der Waals surface area contributed by atoms with Crippen LogP contribution >= 0.6 is 0 Å². The van der Waals surface area contributed by atoms with Gasteiger partial charge < -0.3 is 9.84 Å². The summed E-state index contributed by atoms with van der Waals surface area (Å²) in [5, 5.41) is 17.0. The van der Waals surface area contributed by atoms with Crippen molar-refractivity contribution in [1.82, 2.24) is 0 Å². The molecule has 0 bridgehead atoms. The van der Waals surface area contributed by atoms with E-state index in [1.54, 1.807) is 6.92 Å². The van der Waals surface area contributed by atoms with E-state index < -0.39 is 5.97 Å². The molecule has 0 aliphatic rings. The van der Waals surface area contributed by atoms with Crippen molar-refractivity contribution in [2.75, 3.05) is 6.61 Å². The molecule has 0 rings (SSSR count). The third-order valence-electron chi connectivity index (χ3n) is 2.12. The second-order valence-corrected chi connectivity index (χ2v) is 3.86. The van der Waals surface area contributed by atoms with Gasteiger partial charge in [-0.25, -0.2) is 4.79 Å². The number of carbonyl (C=O) groups is 1. The van der Waals surface area contributed by atoms with Crippen LogP contribution < -0.4 is 0 Å². The van der Waals surface area contributed by atoms with E-state index in [0.717, 1.165) is 5.71 Å². The van der Waals surface area contributed by atoms with E-state index in [1.165, 1.54) is 13.1 Å². The number of aliphatic hydroxyl groups is 1. The lowest BCUT2D eigenvalue weighted by atomic mass is 10.1. The van der Waals surface area contributed by atoms with E-state index in [1.807, 2.05) is 20.8 Å². The minimum Gasteiger partial charge on any atom is -0.512 e. The lowest BCUT2D eigenvalue weighted by Gasteiger charge is -2.03. The minimum absolute atomic E-state index is 0.0205. The Labute approximate surface area is 102 Å². The molecular formula is C12H20N2O3. The molecule has 1 N–H and O–H groups in total. The van der Waals surface area contributed by atoms with Gasteiger partial charge in [0.1, 0.15) is 11.3 Å². The molecule has 0 aliphatic carbocycles. The van der Waals surface area contributed by atoms with E-state index in [2.05, 4.69) is 10.2 Å². The van der Waals surface area contributed by atoms with Crippen LogP contribution in [-0.4, -0.2) is 29.6 Å². The molecule has 5 nitrogen and oxygen atoms in total. The molecule has 0 aliphatic heterocycles. The molecule has 0 spiro atoms. The van der Waals surface area contributed by atoms with Gasteiger partial charge >= 0.3 is 5.97 Å². The van der Waals surface area contributed by atoms with Gasteiger partial charge in [0.15, 0.2) is 0 Å². The third-order valence-corrected chi connectivity index (χ3v) is 2.12. The van der Waals surface area contributed by atoms with Crippen LogP contribution in [0.3, 0.4) is 0 Å². The summed E-state index contributed by atoms with van der Waals surface area (Å²) in [6, 6.07) is 0. The summed E-state index contributed by atoms with van der Waals surface area (Å²) in [6.45, 7) is 9.18. The van der Waals surface area contributed by atoms with Gasteiger partial charge in [-0.1, -0.05) is 13.8 Å². The molecule has 96 valence electrons. The van der Waals surface area contributed by atoms with Crippen molar-refractivity contribution in [3.05, 3.63) is 11.3 Å². The molecule has 0 saturated heterocycles. The smallest absolute Gasteiger partial charge is 0.343 e. The number of allylic oxidation sites excluding steroid dienone is 1. The summed E-state index contributed by atoms with van der Waals surface area (Å²) in [4.78, 5) is 11.4. The quantitative estimate of drug-likeness (QED) is 0.264. The number of carbonyl (C=O) groups excluding carboxylic acids is 1. The summed E-state index contributed by atoms with van der Waals surface area (Å²) in [5.41, 5.74) is 0.868. The molecule has 0 fully saturated rings. The van der Waals surface area contributed by atoms with Gasteiger partial charge in [-0.2, -0.15) is 10.2 Å². The summed E-state index contributed by atoms with van der Waals surface area (Å²) >= 11 is 0. The number of esters is 1. The Bertz CT molecular complexity index is 351. The first-order valence-electron chi connectivity index (χ1n) is 5.54. The first kappa shape index (κ1) is 15.3. The largest absolute Gasteiger partial charge is 0.512 e. The van der Waals surface area contributed by atoms with Crippen LogP contribution in [0.25, 0.3) is 0 Å². The molecule has 0 amide bonds. The molecular weight excluding hydrogens is 220 g/mol. The van der Waals surface area contributed by atoms with Crippen LogP contribution in [0.5, 0.6) is 0 Å². The van der Waals surface area contributed by atoms with Crippen molar-refractivity contribution in [3.8, 4) is 0 Å². The maximum atomic E-state index is 11.4. The lowest BCUT2D eigenvalue weighted by Crippen LogP contribution is -2.10. The monoisotopic (exact) mass is 240 g/mol. The number of hydrogen-bond acceptors (Lipinski definition) is 5. The van der Waals surface area contributed by atoms with Crippen LogP contribution in [0.2, 0.25) is 0 Å². The number of ether oxygens (including phenoxy) is 1. The highest BCUT2D eigenvalue weighted by atomic mass is 16.5. The predicted molar refractivity (Wildman–Crippen MR) is 68.4 cm³/mol. The second-order valence-electron chi connectivity index (χ2n) is 3.86. The van der Waals surface area contributed by atoms with Crippen LogP contribution in [-0.2, 0) is 9.53 Å². The first-order chi connectivity index (χ1) is 7.90. The lowest BCUT2D eigenvalue weighted by molar-refractivity contribution is -0.138. The third kappa shape index (κ3) is 5.85. The van der Waals surface area contributed by atoms with Crippen molar-refractivity contribution in [3.63, 3.8) is 0 Å². The number of aliphatic hydroxyl groups excluding tert-OH is 1. The maximum Gasteiger partial charge on any atom is 0.343 e. The number of rotatable bonds is 5. The zero-order valence-electron chi connectivity index (χ0n) is 11.0. The standard InChI is InChI=1S/C12H20N2O3/c1-6-17-12(16)11(10(5)15)7-13-14-9(4)8(2)3/h7-8,15H,6H2,1-5H3/b11-10?,13-7?,14-9+. The predicted octanol–water partition coefficient (Wildman–Crippen LogP) is 2.48. The van der Waals surface area contributed by atoms with Crippen LogP contribution in [0.15, 0.2) is 21.5 Å². The second kappa shape index (κ2) is 7.60. The Balaban J connectivity index is 4.82. The average Bonchev–Trinajstić information content (AvgIpc) is 2.23. The van der Waals surface area contributed by atoms with Gasteiger partial charge in [0.05, 0.1) is 12.8 Å². The van der Waals surface area contributed by atoms with Crippen LogP contribution in [0, 0.1) is 5.92 Å². The molecule has 17 heavy (non-hydrogen) atoms. The summed E-state index contributed by atoms with van der Waals surface area (Å²) in [6.07, 6.45) is 1.21. The Hall–Kier alpha value is -1.65. The maximum absolute atomic E-state index is 11.4. The van der Waals surface area contributed by atoms with Crippen LogP contribution in [0.4, 0.5) is 0 Å². The van der Waals surface area contributed by atoms with E-state index in [9.17, 15) is 9.90 Å². The van der Waals surface area contributed by atoms with Crippen molar-refractivity contribution < 1.29 is 14.6 Å². The zero-order chi connectivity index (χ0) is 13.4. The summed E-state index contributed by atoms with van der Waals surface area (Å²) < 4.78 is 4.77. The summed E-state index contributed by atoms with van der Waals surface area (Å²) in [5.74, 6) is -0.448. The highest BCUT2D eigenvalue weighted by Gasteiger charge is 2.11. The molecule has 0 aromatic heterocycles. The normalized spacial score (nSPS) is 14.1. The highest BCUT2D eigenvalue weighted by molar-refractivity contribution is 6.09. The number of nitrogens with zero attached hydrogens (tertiary/aromatic N) is 2. The molecule has 0 aromatic rings. The average molecular weight is 240 g/mol. The van der Waals surface area contributed by atoms with Gasteiger partial charge in [-0.15, -0.1) is 0 Å². The van der Waals surface area contributed by atoms with Gasteiger partial charge in [-0.05, 0) is 26.7 Å². The van der Waals surface area contributed by atoms with E-state index >= 15 is 0 Å².